The molecule has 4 heteroatoms. The molecule has 0 bridgehead atoms. The Hall–Kier alpha value is -1.55. The van der Waals surface area contributed by atoms with Gasteiger partial charge in [0.05, 0.1) is 0 Å². The number of likely N-dealkylation sites (N-methyl/N-ethyl adjacent to an activating group) is 1. The summed E-state index contributed by atoms with van der Waals surface area (Å²) in [5.74, 6) is 0.822. The van der Waals surface area contributed by atoms with E-state index in [0.717, 1.165) is 25.3 Å². The summed E-state index contributed by atoms with van der Waals surface area (Å²) in [5.41, 5.74) is 1.30. The van der Waals surface area contributed by atoms with E-state index in [2.05, 4.69) is 53.9 Å². The molecule has 0 radical (unpaired) electrons. The van der Waals surface area contributed by atoms with E-state index in [1.807, 2.05) is 6.07 Å². The fourth-order valence-corrected chi connectivity index (χ4v) is 3.29. The van der Waals surface area contributed by atoms with Crippen molar-refractivity contribution in [1.82, 2.24) is 15.5 Å². The average molecular weight is 317 g/mol. The summed E-state index contributed by atoms with van der Waals surface area (Å²) >= 11 is 0. The van der Waals surface area contributed by atoms with Gasteiger partial charge in [-0.1, -0.05) is 56.0 Å². The summed E-state index contributed by atoms with van der Waals surface area (Å²) in [5, 5.41) is 6.02. The second-order valence-electron chi connectivity index (χ2n) is 6.88. The van der Waals surface area contributed by atoms with Crippen LogP contribution in [0, 0.1) is 5.92 Å². The maximum Gasteiger partial charge on any atom is 0.314 e. The number of benzene rings is 1. The Balaban J connectivity index is 1.67. The number of amides is 2. The molecular formula is C19H31N3O. The topological polar surface area (TPSA) is 44.4 Å². The van der Waals surface area contributed by atoms with Crippen LogP contribution in [-0.4, -0.2) is 44.2 Å². The Morgan fingerprint density at radius 1 is 1.17 bits per heavy atom. The standard InChI is InChI=1S/C19H31N3O/c1-22(2)18(14-17-10-4-3-5-11-17)15-21-19(23)20-13-12-16-8-6-7-9-16/h3-5,10-11,16,18H,6-9,12-15H2,1-2H3,(H2,20,21,23). The van der Waals surface area contributed by atoms with Crippen molar-refractivity contribution < 1.29 is 4.79 Å². The molecule has 1 aromatic carbocycles. The predicted molar refractivity (Wildman–Crippen MR) is 95.6 cm³/mol. The van der Waals surface area contributed by atoms with Gasteiger partial charge >= 0.3 is 6.03 Å². The molecule has 2 rings (SSSR count). The third kappa shape index (κ3) is 6.61. The van der Waals surface area contributed by atoms with E-state index >= 15 is 0 Å². The Kier molecular flexibility index (Phi) is 7.40. The van der Waals surface area contributed by atoms with Crippen molar-refractivity contribution in [3.8, 4) is 0 Å². The van der Waals surface area contributed by atoms with Gasteiger partial charge in [0, 0.05) is 19.1 Å². The molecule has 23 heavy (non-hydrogen) atoms. The van der Waals surface area contributed by atoms with Crippen LogP contribution in [0.25, 0.3) is 0 Å². The first-order valence-corrected chi connectivity index (χ1v) is 8.87. The molecule has 0 spiro atoms. The van der Waals surface area contributed by atoms with Gasteiger partial charge in [0.2, 0.25) is 0 Å². The van der Waals surface area contributed by atoms with E-state index in [9.17, 15) is 4.79 Å². The third-order valence-electron chi connectivity index (χ3n) is 4.86. The van der Waals surface area contributed by atoms with Crippen LogP contribution in [-0.2, 0) is 6.42 Å². The molecule has 1 fully saturated rings. The molecule has 0 aromatic heterocycles. The zero-order valence-corrected chi connectivity index (χ0v) is 14.6. The highest BCUT2D eigenvalue weighted by molar-refractivity contribution is 5.73. The maximum absolute atomic E-state index is 12.0. The van der Waals surface area contributed by atoms with E-state index in [0.29, 0.717) is 12.6 Å². The van der Waals surface area contributed by atoms with Crippen LogP contribution < -0.4 is 10.6 Å². The van der Waals surface area contributed by atoms with Crippen LogP contribution in [0.15, 0.2) is 30.3 Å². The molecule has 0 heterocycles. The maximum atomic E-state index is 12.0. The molecule has 1 atom stereocenters. The lowest BCUT2D eigenvalue weighted by Crippen LogP contribution is -2.45. The Morgan fingerprint density at radius 2 is 1.87 bits per heavy atom. The third-order valence-corrected chi connectivity index (χ3v) is 4.86. The van der Waals surface area contributed by atoms with Crippen molar-refractivity contribution >= 4 is 6.03 Å². The number of carbonyl (C=O) groups excluding carboxylic acids is 1. The largest absolute Gasteiger partial charge is 0.338 e. The molecule has 1 aliphatic rings. The minimum absolute atomic E-state index is 0.0390. The fourth-order valence-electron chi connectivity index (χ4n) is 3.29. The van der Waals surface area contributed by atoms with Crippen molar-refractivity contribution in [2.75, 3.05) is 27.2 Å². The Labute approximate surface area is 140 Å². The lowest BCUT2D eigenvalue weighted by Gasteiger charge is -2.25. The van der Waals surface area contributed by atoms with Gasteiger partial charge in [-0.05, 0) is 38.4 Å². The summed E-state index contributed by atoms with van der Waals surface area (Å²) in [4.78, 5) is 14.1. The van der Waals surface area contributed by atoms with Crippen molar-refractivity contribution in [3.05, 3.63) is 35.9 Å². The Bertz CT molecular complexity index is 455. The highest BCUT2D eigenvalue weighted by atomic mass is 16.2. The van der Waals surface area contributed by atoms with Gasteiger partial charge < -0.3 is 15.5 Å². The van der Waals surface area contributed by atoms with Gasteiger partial charge in [0.15, 0.2) is 0 Å². The molecule has 1 aromatic rings. The molecule has 1 unspecified atom stereocenters. The molecular weight excluding hydrogens is 286 g/mol. The van der Waals surface area contributed by atoms with Crippen molar-refractivity contribution in [1.29, 1.82) is 0 Å². The monoisotopic (exact) mass is 317 g/mol. The quantitative estimate of drug-likeness (QED) is 0.774. The Morgan fingerprint density at radius 3 is 2.52 bits per heavy atom. The first-order chi connectivity index (χ1) is 11.1. The van der Waals surface area contributed by atoms with Gasteiger partial charge in [-0.3, -0.25) is 0 Å². The molecule has 4 nitrogen and oxygen atoms in total. The second kappa shape index (κ2) is 9.56. The van der Waals surface area contributed by atoms with Crippen molar-refractivity contribution in [2.24, 2.45) is 5.92 Å². The molecule has 2 N–H and O–H groups in total. The number of hydrogen-bond acceptors (Lipinski definition) is 2. The minimum Gasteiger partial charge on any atom is -0.338 e. The zero-order valence-electron chi connectivity index (χ0n) is 14.6. The van der Waals surface area contributed by atoms with Crippen LogP contribution in [0.3, 0.4) is 0 Å². The van der Waals surface area contributed by atoms with Crippen LogP contribution in [0.1, 0.15) is 37.7 Å². The number of hydrogen-bond donors (Lipinski definition) is 2. The fraction of sp³-hybridized carbons (Fsp3) is 0.632. The van der Waals surface area contributed by atoms with E-state index in [1.165, 1.54) is 31.2 Å². The lowest BCUT2D eigenvalue weighted by atomic mass is 10.0. The minimum atomic E-state index is -0.0390. The SMILES string of the molecule is CN(C)C(CNC(=O)NCCC1CCCC1)Cc1ccccc1. The molecule has 1 aliphatic carbocycles. The summed E-state index contributed by atoms with van der Waals surface area (Å²) in [6, 6.07) is 10.7. The van der Waals surface area contributed by atoms with E-state index in [4.69, 9.17) is 0 Å². The van der Waals surface area contributed by atoms with E-state index in [-0.39, 0.29) is 6.03 Å². The van der Waals surface area contributed by atoms with E-state index in [1.54, 1.807) is 0 Å². The first kappa shape index (κ1) is 17.8. The molecule has 128 valence electrons. The van der Waals surface area contributed by atoms with Gasteiger partial charge in [-0.2, -0.15) is 0 Å². The van der Waals surface area contributed by atoms with Gasteiger partial charge in [0.25, 0.3) is 0 Å². The van der Waals surface area contributed by atoms with Crippen LogP contribution in [0.4, 0.5) is 4.79 Å². The predicted octanol–water partition coefficient (Wildman–Crippen LogP) is 3.04. The summed E-state index contributed by atoms with van der Waals surface area (Å²) < 4.78 is 0. The molecule has 1 saturated carbocycles. The van der Waals surface area contributed by atoms with Gasteiger partial charge in [-0.15, -0.1) is 0 Å². The average Bonchev–Trinajstić information content (AvgIpc) is 3.05. The number of nitrogens with zero attached hydrogens (tertiary/aromatic N) is 1. The van der Waals surface area contributed by atoms with Crippen LogP contribution >= 0.6 is 0 Å². The van der Waals surface area contributed by atoms with Crippen molar-refractivity contribution in [3.63, 3.8) is 0 Å². The highest BCUT2D eigenvalue weighted by Crippen LogP contribution is 2.26. The second-order valence-corrected chi connectivity index (χ2v) is 6.88. The number of urea groups is 1. The summed E-state index contributed by atoms with van der Waals surface area (Å²) in [7, 11) is 4.13. The van der Waals surface area contributed by atoms with Gasteiger partial charge in [-0.25, -0.2) is 4.79 Å². The van der Waals surface area contributed by atoms with Crippen molar-refractivity contribution in [2.45, 2.75) is 44.6 Å². The van der Waals surface area contributed by atoms with Crippen LogP contribution in [0.5, 0.6) is 0 Å². The van der Waals surface area contributed by atoms with Crippen LogP contribution in [0.2, 0.25) is 0 Å². The van der Waals surface area contributed by atoms with Gasteiger partial charge in [0.1, 0.15) is 0 Å². The number of carbonyl (C=O) groups is 1. The smallest absolute Gasteiger partial charge is 0.314 e. The summed E-state index contributed by atoms with van der Waals surface area (Å²) in [6.45, 7) is 1.46. The number of rotatable bonds is 8. The highest BCUT2D eigenvalue weighted by Gasteiger charge is 2.16. The first-order valence-electron chi connectivity index (χ1n) is 8.87. The molecule has 0 aliphatic heterocycles. The normalized spacial score (nSPS) is 16.5. The summed E-state index contributed by atoms with van der Waals surface area (Å²) in [6.07, 6.45) is 7.46. The van der Waals surface area contributed by atoms with E-state index < -0.39 is 0 Å². The zero-order chi connectivity index (χ0) is 16.5. The molecule has 0 saturated heterocycles. The lowest BCUT2D eigenvalue weighted by molar-refractivity contribution is 0.231. The molecule has 2 amide bonds. The number of nitrogens with one attached hydrogen (secondary N) is 2.